The first kappa shape index (κ1) is 16.5. The van der Waals surface area contributed by atoms with E-state index in [0.29, 0.717) is 10.0 Å². The van der Waals surface area contributed by atoms with Gasteiger partial charge in [-0.25, -0.2) is 4.39 Å². The van der Waals surface area contributed by atoms with Gasteiger partial charge in [-0.1, -0.05) is 54.9 Å². The average molecular weight is 371 g/mol. The van der Waals surface area contributed by atoms with Gasteiger partial charge in [-0.2, -0.15) is 0 Å². The zero-order valence-electron chi connectivity index (χ0n) is 12.0. The maximum absolute atomic E-state index is 14.5. The molecule has 2 rings (SSSR count). The van der Waals surface area contributed by atoms with Crippen molar-refractivity contribution in [2.75, 3.05) is 7.05 Å². The van der Waals surface area contributed by atoms with E-state index in [1.165, 1.54) is 5.56 Å². The molecular weight excluding hydrogens is 353 g/mol. The van der Waals surface area contributed by atoms with Gasteiger partial charge >= 0.3 is 0 Å². The maximum atomic E-state index is 14.5. The fourth-order valence-electron chi connectivity index (χ4n) is 2.72. The lowest BCUT2D eigenvalue weighted by atomic mass is 9.85. The Hall–Kier alpha value is -0.900. The highest BCUT2D eigenvalue weighted by atomic mass is 79.9. The summed E-state index contributed by atoms with van der Waals surface area (Å²) >= 11 is 9.29. The Labute approximate surface area is 138 Å². The summed E-state index contributed by atoms with van der Waals surface area (Å²) < 4.78 is 15.1. The Morgan fingerprint density at radius 3 is 2.43 bits per heavy atom. The number of rotatable bonds is 5. The number of hydrogen-bond acceptors (Lipinski definition) is 1. The van der Waals surface area contributed by atoms with Crippen LogP contribution in [0.2, 0.25) is 5.02 Å². The molecule has 0 aliphatic rings. The lowest BCUT2D eigenvalue weighted by Crippen LogP contribution is -2.24. The van der Waals surface area contributed by atoms with Crippen LogP contribution in [0.5, 0.6) is 0 Å². The highest BCUT2D eigenvalue weighted by Gasteiger charge is 2.26. The molecule has 0 spiro atoms. The largest absolute Gasteiger partial charge is 0.312 e. The molecule has 0 radical (unpaired) electrons. The molecule has 21 heavy (non-hydrogen) atoms. The minimum atomic E-state index is -0.361. The summed E-state index contributed by atoms with van der Waals surface area (Å²) in [5.41, 5.74) is 1.79. The molecule has 0 saturated heterocycles. The van der Waals surface area contributed by atoms with Crippen LogP contribution in [0, 0.1) is 5.82 Å². The third-order valence-electron chi connectivity index (χ3n) is 3.78. The topological polar surface area (TPSA) is 12.0 Å². The number of benzene rings is 2. The van der Waals surface area contributed by atoms with E-state index in [2.05, 4.69) is 40.3 Å². The van der Waals surface area contributed by atoms with Gasteiger partial charge in [0.2, 0.25) is 0 Å². The molecule has 1 nitrogen and oxygen atoms in total. The smallest absolute Gasteiger partial charge is 0.147 e. The molecule has 0 aromatic heterocycles. The Morgan fingerprint density at radius 2 is 1.86 bits per heavy atom. The summed E-state index contributed by atoms with van der Waals surface area (Å²) in [5.74, 6) is -0.178. The molecule has 0 aliphatic heterocycles. The van der Waals surface area contributed by atoms with Gasteiger partial charge in [-0.05, 0) is 41.0 Å². The zero-order valence-corrected chi connectivity index (χ0v) is 14.4. The molecule has 0 fully saturated rings. The van der Waals surface area contributed by atoms with Crippen molar-refractivity contribution in [3.63, 3.8) is 0 Å². The number of halogens is 3. The van der Waals surface area contributed by atoms with Crippen LogP contribution in [0.25, 0.3) is 0 Å². The predicted molar refractivity (Wildman–Crippen MR) is 90.4 cm³/mol. The molecule has 2 unspecified atom stereocenters. The lowest BCUT2D eigenvalue weighted by molar-refractivity contribution is 0.447. The molecule has 0 amide bonds. The van der Waals surface area contributed by atoms with E-state index < -0.39 is 0 Å². The monoisotopic (exact) mass is 369 g/mol. The van der Waals surface area contributed by atoms with Gasteiger partial charge in [0.05, 0.1) is 5.02 Å². The van der Waals surface area contributed by atoms with Crippen molar-refractivity contribution in [1.82, 2.24) is 5.32 Å². The fraction of sp³-hybridized carbons (Fsp3) is 0.294. The summed E-state index contributed by atoms with van der Waals surface area (Å²) in [7, 11) is 1.85. The van der Waals surface area contributed by atoms with Gasteiger partial charge in [0, 0.05) is 22.0 Å². The minimum Gasteiger partial charge on any atom is -0.312 e. The first-order chi connectivity index (χ1) is 10.1. The van der Waals surface area contributed by atoms with E-state index in [4.69, 9.17) is 11.6 Å². The van der Waals surface area contributed by atoms with Crippen LogP contribution < -0.4 is 5.32 Å². The average Bonchev–Trinajstić information content (AvgIpc) is 2.52. The van der Waals surface area contributed by atoms with Crippen molar-refractivity contribution < 1.29 is 4.39 Å². The SMILES string of the molecule is CCC(c1ccccc1)C(NC)c1ccc(Br)c(Cl)c1F. The van der Waals surface area contributed by atoms with Crippen molar-refractivity contribution in [3.05, 3.63) is 68.9 Å². The van der Waals surface area contributed by atoms with Gasteiger partial charge in [-0.15, -0.1) is 0 Å². The Bertz CT molecular complexity index is 603. The van der Waals surface area contributed by atoms with Crippen LogP contribution in [-0.4, -0.2) is 7.05 Å². The third kappa shape index (κ3) is 3.47. The molecule has 1 N–H and O–H groups in total. The quantitative estimate of drug-likeness (QED) is 0.666. The van der Waals surface area contributed by atoms with Crippen molar-refractivity contribution >= 4 is 27.5 Å². The van der Waals surface area contributed by atoms with Gasteiger partial charge in [0.25, 0.3) is 0 Å². The van der Waals surface area contributed by atoms with E-state index >= 15 is 0 Å². The number of nitrogens with one attached hydrogen (secondary N) is 1. The fourth-order valence-corrected chi connectivity index (χ4v) is 3.20. The molecule has 112 valence electrons. The van der Waals surface area contributed by atoms with Crippen LogP contribution in [0.1, 0.15) is 36.4 Å². The summed E-state index contributed by atoms with van der Waals surface area (Å²) in [5, 5.41) is 3.38. The first-order valence-electron chi connectivity index (χ1n) is 6.95. The summed E-state index contributed by atoms with van der Waals surface area (Å²) in [6.07, 6.45) is 0.905. The number of likely N-dealkylation sites (N-methyl/N-ethyl adjacent to an activating group) is 1. The van der Waals surface area contributed by atoms with E-state index in [1.807, 2.05) is 25.2 Å². The highest BCUT2D eigenvalue weighted by Crippen LogP contribution is 2.37. The van der Waals surface area contributed by atoms with Crippen LogP contribution in [-0.2, 0) is 0 Å². The molecule has 0 heterocycles. The minimum absolute atomic E-state index is 0.122. The molecule has 0 bridgehead atoms. The second-order valence-corrected chi connectivity index (χ2v) is 6.19. The molecular formula is C17H18BrClFN. The molecule has 2 aromatic carbocycles. The summed E-state index contributed by atoms with van der Waals surface area (Å²) in [4.78, 5) is 0. The highest BCUT2D eigenvalue weighted by molar-refractivity contribution is 9.10. The van der Waals surface area contributed by atoms with Crippen LogP contribution in [0.15, 0.2) is 46.9 Å². The third-order valence-corrected chi connectivity index (χ3v) is 5.04. The second kappa shape index (κ2) is 7.39. The van der Waals surface area contributed by atoms with Crippen LogP contribution in [0.4, 0.5) is 4.39 Å². The van der Waals surface area contributed by atoms with Crippen molar-refractivity contribution in [1.29, 1.82) is 0 Å². The second-order valence-electron chi connectivity index (χ2n) is 4.96. The van der Waals surface area contributed by atoms with Crippen molar-refractivity contribution in [2.24, 2.45) is 0 Å². The molecule has 2 aromatic rings. The van der Waals surface area contributed by atoms with E-state index in [9.17, 15) is 4.39 Å². The van der Waals surface area contributed by atoms with E-state index in [0.717, 1.165) is 6.42 Å². The van der Waals surface area contributed by atoms with Gasteiger partial charge in [0.15, 0.2) is 0 Å². The zero-order chi connectivity index (χ0) is 15.4. The predicted octanol–water partition coefficient (Wildman–Crippen LogP) is 5.70. The normalized spacial score (nSPS) is 14.0. The Balaban J connectivity index is 2.45. The number of hydrogen-bond donors (Lipinski definition) is 1. The van der Waals surface area contributed by atoms with Gasteiger partial charge in [-0.3, -0.25) is 0 Å². The molecule has 0 aliphatic carbocycles. The van der Waals surface area contributed by atoms with Crippen molar-refractivity contribution in [3.8, 4) is 0 Å². The maximum Gasteiger partial charge on any atom is 0.147 e. The molecule has 4 heteroatoms. The molecule has 2 atom stereocenters. The van der Waals surface area contributed by atoms with Gasteiger partial charge < -0.3 is 5.32 Å². The van der Waals surface area contributed by atoms with E-state index in [-0.39, 0.29) is 22.8 Å². The lowest BCUT2D eigenvalue weighted by Gasteiger charge is -2.27. The Morgan fingerprint density at radius 1 is 1.19 bits per heavy atom. The van der Waals surface area contributed by atoms with Crippen molar-refractivity contribution in [2.45, 2.75) is 25.3 Å². The first-order valence-corrected chi connectivity index (χ1v) is 8.12. The van der Waals surface area contributed by atoms with Crippen LogP contribution >= 0.6 is 27.5 Å². The van der Waals surface area contributed by atoms with Gasteiger partial charge in [0.1, 0.15) is 5.82 Å². The summed E-state index contributed by atoms with van der Waals surface area (Å²) in [6, 6.07) is 13.6. The van der Waals surface area contributed by atoms with E-state index in [1.54, 1.807) is 12.1 Å². The Kier molecular flexibility index (Phi) is 5.80. The summed E-state index contributed by atoms with van der Waals surface area (Å²) in [6.45, 7) is 2.11. The van der Waals surface area contributed by atoms with Crippen LogP contribution in [0.3, 0.4) is 0 Å². The standard InChI is InChI=1S/C17H18BrClFN/c1-3-12(11-7-5-4-6-8-11)17(21-2)13-9-10-14(18)15(19)16(13)20/h4-10,12,17,21H,3H2,1-2H3. The molecule has 0 saturated carbocycles.